The van der Waals surface area contributed by atoms with Crippen molar-refractivity contribution in [2.24, 2.45) is 0 Å². The molecule has 0 unspecified atom stereocenters. The number of carbonyl (C=O) groups is 1. The van der Waals surface area contributed by atoms with Crippen LogP contribution in [0.3, 0.4) is 0 Å². The molecule has 7 heavy (non-hydrogen) atoms. The van der Waals surface area contributed by atoms with Crippen molar-refractivity contribution in [3.8, 4) is 0 Å². The molecule has 0 aromatic carbocycles. The average Bonchev–Trinajstić information content (AvgIpc) is 0.811. The van der Waals surface area contributed by atoms with E-state index in [0.717, 1.165) is 0 Å². The van der Waals surface area contributed by atoms with Crippen LogP contribution in [-0.4, -0.2) is 6.16 Å². The van der Waals surface area contributed by atoms with Crippen molar-refractivity contribution in [3.63, 3.8) is 0 Å². The summed E-state index contributed by atoms with van der Waals surface area (Å²) < 4.78 is 0. The summed E-state index contributed by atoms with van der Waals surface area (Å²) in [6.07, 6.45) is -2.33. The molecule has 6 heteroatoms. The SMILES string of the molecule is I.O=C([O-])[O-].[K+].[K+]. The van der Waals surface area contributed by atoms with Crippen molar-refractivity contribution in [2.45, 2.75) is 0 Å². The first kappa shape index (κ1) is 22.4. The molecule has 0 N–H and O–H groups in total. The van der Waals surface area contributed by atoms with Gasteiger partial charge in [0.15, 0.2) is 0 Å². The van der Waals surface area contributed by atoms with Crippen LogP contribution in [0.5, 0.6) is 0 Å². The number of halogens is 1. The summed E-state index contributed by atoms with van der Waals surface area (Å²) in [7, 11) is 0. The van der Waals surface area contributed by atoms with E-state index in [1.807, 2.05) is 0 Å². The molecule has 0 aliphatic carbocycles. The smallest absolute Gasteiger partial charge is 0.652 e. The third-order valence-corrected chi connectivity index (χ3v) is 0. The van der Waals surface area contributed by atoms with E-state index in [2.05, 4.69) is 0 Å². The quantitative estimate of drug-likeness (QED) is 0.323. The molecule has 0 fully saturated rings. The van der Waals surface area contributed by atoms with Gasteiger partial charge in [0.25, 0.3) is 0 Å². The van der Waals surface area contributed by atoms with Crippen LogP contribution in [0.4, 0.5) is 4.79 Å². The summed E-state index contributed by atoms with van der Waals surface area (Å²) in [5, 5.41) is 16.7. The van der Waals surface area contributed by atoms with Gasteiger partial charge in [-0.15, -0.1) is 24.0 Å². The maximum atomic E-state index is 8.33. The van der Waals surface area contributed by atoms with Crippen molar-refractivity contribution in [1.82, 2.24) is 0 Å². The molecule has 0 amide bonds. The Bertz CT molecular complexity index is 35.9. The Morgan fingerprint density at radius 3 is 1.14 bits per heavy atom. The van der Waals surface area contributed by atoms with Crippen molar-refractivity contribution >= 4 is 30.1 Å². The van der Waals surface area contributed by atoms with Crippen LogP contribution >= 0.6 is 24.0 Å². The van der Waals surface area contributed by atoms with E-state index >= 15 is 0 Å². The number of carboxylic acid groups (broad SMARTS) is 2. The van der Waals surface area contributed by atoms with Gasteiger partial charge in [-0.3, -0.25) is 0 Å². The van der Waals surface area contributed by atoms with Crippen molar-refractivity contribution in [3.05, 3.63) is 0 Å². The fraction of sp³-hybridized carbons (Fsp3) is 0. The molecule has 32 valence electrons. The molecular formula is CHIK2O3. The van der Waals surface area contributed by atoms with Crippen LogP contribution in [-0.2, 0) is 0 Å². The summed E-state index contributed by atoms with van der Waals surface area (Å²) in [6, 6.07) is 0. The van der Waals surface area contributed by atoms with Gasteiger partial charge in [0.1, 0.15) is 0 Å². The van der Waals surface area contributed by atoms with E-state index in [0.29, 0.717) is 0 Å². The zero-order valence-electron chi connectivity index (χ0n) is 4.13. The standard InChI is InChI=1S/CH2O3.HI.2K/c2-1(3)4;;;/h(H2,2,3,4);1H;;/q;;2*+1/p-2. The molecule has 0 spiro atoms. The number of rotatable bonds is 0. The Labute approximate surface area is 143 Å². The summed E-state index contributed by atoms with van der Waals surface area (Å²) in [6.45, 7) is 0. The van der Waals surface area contributed by atoms with Gasteiger partial charge in [0.05, 0.1) is 0 Å². The van der Waals surface area contributed by atoms with Crippen LogP contribution < -0.4 is 113 Å². The number of carbonyl (C=O) groups excluding carboxylic acids is 1. The van der Waals surface area contributed by atoms with Crippen LogP contribution in [0.1, 0.15) is 0 Å². The minimum Gasteiger partial charge on any atom is -0.652 e. The molecule has 0 saturated heterocycles. The Morgan fingerprint density at radius 2 is 1.14 bits per heavy atom. The fourth-order valence-corrected chi connectivity index (χ4v) is 0. The molecule has 0 aliphatic rings. The van der Waals surface area contributed by atoms with Crippen LogP contribution in [0.15, 0.2) is 0 Å². The number of hydrogen-bond acceptors (Lipinski definition) is 3. The Hall–Kier alpha value is 3.27. The predicted molar refractivity (Wildman–Crippen MR) is 20.8 cm³/mol. The van der Waals surface area contributed by atoms with Gasteiger partial charge in [-0.25, -0.2) is 0 Å². The van der Waals surface area contributed by atoms with Gasteiger partial charge in [-0.2, -0.15) is 0 Å². The first-order chi connectivity index (χ1) is 1.73. The molecule has 0 bridgehead atoms. The van der Waals surface area contributed by atoms with Crippen LogP contribution in [0.25, 0.3) is 0 Å². The van der Waals surface area contributed by atoms with Gasteiger partial charge in [-0.1, -0.05) is 0 Å². The predicted octanol–water partition coefficient (Wildman–Crippen LogP) is -7.82. The van der Waals surface area contributed by atoms with Crippen molar-refractivity contribution < 1.29 is 118 Å². The first-order valence-electron chi connectivity index (χ1n) is 0.612. The normalized spacial score (nSPS) is 3.43. The van der Waals surface area contributed by atoms with Crippen molar-refractivity contribution in [1.29, 1.82) is 0 Å². The molecule has 0 saturated carbocycles. The average molecular weight is 266 g/mol. The Balaban J connectivity index is -0.0000000150. The Morgan fingerprint density at radius 1 is 1.14 bits per heavy atom. The third-order valence-electron chi connectivity index (χ3n) is 0. The van der Waals surface area contributed by atoms with Crippen molar-refractivity contribution in [2.75, 3.05) is 0 Å². The summed E-state index contributed by atoms with van der Waals surface area (Å²) in [5.41, 5.74) is 0. The summed E-state index contributed by atoms with van der Waals surface area (Å²) >= 11 is 0. The molecule has 0 aromatic heterocycles. The molecule has 0 atom stereocenters. The molecule has 0 aromatic rings. The summed E-state index contributed by atoms with van der Waals surface area (Å²) in [5.74, 6) is 0. The van der Waals surface area contributed by atoms with E-state index in [-0.39, 0.29) is 127 Å². The topological polar surface area (TPSA) is 63.2 Å². The minimum atomic E-state index is -2.33. The van der Waals surface area contributed by atoms with E-state index < -0.39 is 6.16 Å². The monoisotopic (exact) mass is 266 g/mol. The van der Waals surface area contributed by atoms with Gasteiger partial charge in [0, 0.05) is 0 Å². The first-order valence-corrected chi connectivity index (χ1v) is 0.612. The van der Waals surface area contributed by atoms with Gasteiger partial charge in [0.2, 0.25) is 0 Å². The zero-order valence-corrected chi connectivity index (χ0v) is 12.7. The van der Waals surface area contributed by atoms with Crippen LogP contribution in [0.2, 0.25) is 0 Å². The fourth-order valence-electron chi connectivity index (χ4n) is 0. The van der Waals surface area contributed by atoms with Gasteiger partial charge < -0.3 is 15.0 Å². The van der Waals surface area contributed by atoms with E-state index in [1.165, 1.54) is 0 Å². The Kier molecular flexibility index (Phi) is 51.7. The largest absolute Gasteiger partial charge is 1.00 e. The second-order valence-electron chi connectivity index (χ2n) is 0.250. The second-order valence-corrected chi connectivity index (χ2v) is 0.250. The van der Waals surface area contributed by atoms with Gasteiger partial charge in [-0.05, 0) is 6.16 Å². The van der Waals surface area contributed by atoms with E-state index in [4.69, 9.17) is 15.0 Å². The maximum Gasteiger partial charge on any atom is 1.00 e. The van der Waals surface area contributed by atoms with E-state index in [9.17, 15) is 0 Å². The zero-order chi connectivity index (χ0) is 3.58. The molecule has 0 aliphatic heterocycles. The number of hydrogen-bond donors (Lipinski definition) is 0. The summed E-state index contributed by atoms with van der Waals surface area (Å²) in [4.78, 5) is 8.33. The third kappa shape index (κ3) is 45.8. The van der Waals surface area contributed by atoms with Gasteiger partial charge >= 0.3 is 103 Å². The van der Waals surface area contributed by atoms with E-state index in [1.54, 1.807) is 0 Å². The van der Waals surface area contributed by atoms with Crippen LogP contribution in [0, 0.1) is 0 Å². The second kappa shape index (κ2) is 16.1. The minimum absolute atomic E-state index is 0. The molecule has 3 nitrogen and oxygen atoms in total. The molecular weight excluding hydrogens is 265 g/mol. The molecule has 0 radical (unpaired) electrons. The molecule has 0 heterocycles. The molecule has 0 rings (SSSR count). The maximum absolute atomic E-state index is 8.33.